The highest BCUT2D eigenvalue weighted by atomic mass is 19.1. The van der Waals surface area contributed by atoms with Crippen molar-refractivity contribution in [3.63, 3.8) is 0 Å². The standard InChI is InChI=1S/C29H37FN2O6/c1-18-15-22(30)11-12-23(18)25(21-9-7-6-8-10-21)19(2)37-17-29(4,16-33)32-28(35)26-27(38-20(3)34)24(36-5)13-14-31-26/h11-16,19,21,25H,6-10,17H2,1-5H3,(H,32,35)/t19-,25-,29+/m0/s1. The Balaban J connectivity index is 1.80. The third kappa shape index (κ3) is 7.16. The molecule has 1 N–H and O–H groups in total. The number of nitrogens with one attached hydrogen (secondary N) is 1. The molecule has 3 atom stereocenters. The van der Waals surface area contributed by atoms with E-state index in [1.165, 1.54) is 44.9 Å². The van der Waals surface area contributed by atoms with Gasteiger partial charge in [0.25, 0.3) is 5.91 Å². The second kappa shape index (κ2) is 13.0. The average Bonchev–Trinajstić information content (AvgIpc) is 2.89. The molecule has 1 aliphatic rings. The van der Waals surface area contributed by atoms with Gasteiger partial charge in [0.1, 0.15) is 17.6 Å². The van der Waals surface area contributed by atoms with Gasteiger partial charge in [-0.1, -0.05) is 25.3 Å². The second-order valence-corrected chi connectivity index (χ2v) is 10.2. The summed E-state index contributed by atoms with van der Waals surface area (Å²) in [5, 5.41) is 2.67. The lowest BCUT2D eigenvalue weighted by atomic mass is 9.73. The first-order valence-electron chi connectivity index (χ1n) is 13.0. The van der Waals surface area contributed by atoms with Gasteiger partial charge in [0, 0.05) is 25.1 Å². The van der Waals surface area contributed by atoms with Crippen LogP contribution in [0, 0.1) is 18.7 Å². The second-order valence-electron chi connectivity index (χ2n) is 10.2. The summed E-state index contributed by atoms with van der Waals surface area (Å²) in [7, 11) is 1.38. The van der Waals surface area contributed by atoms with E-state index < -0.39 is 17.4 Å². The molecular formula is C29H37FN2O6. The van der Waals surface area contributed by atoms with Gasteiger partial charge in [-0.05, 0) is 62.8 Å². The molecule has 38 heavy (non-hydrogen) atoms. The van der Waals surface area contributed by atoms with Crippen molar-refractivity contribution < 1.29 is 33.0 Å². The number of amides is 1. The molecule has 0 bridgehead atoms. The number of esters is 1. The van der Waals surface area contributed by atoms with Gasteiger partial charge < -0.3 is 24.3 Å². The SMILES string of the molecule is COc1ccnc(C(=O)N[C@](C)(C=O)CO[C@@H](C)[C@H](c2ccc(F)cc2C)C2CCCCC2)c1OC(C)=O. The van der Waals surface area contributed by atoms with Crippen molar-refractivity contribution in [2.24, 2.45) is 5.92 Å². The van der Waals surface area contributed by atoms with E-state index in [4.69, 9.17) is 14.2 Å². The fraction of sp³-hybridized carbons (Fsp3) is 0.517. The number of benzene rings is 1. The summed E-state index contributed by atoms with van der Waals surface area (Å²) >= 11 is 0. The maximum atomic E-state index is 13.9. The quantitative estimate of drug-likeness (QED) is 0.326. The number of aldehydes is 1. The average molecular weight is 529 g/mol. The smallest absolute Gasteiger partial charge is 0.308 e. The summed E-state index contributed by atoms with van der Waals surface area (Å²) < 4.78 is 30.5. The van der Waals surface area contributed by atoms with E-state index in [-0.39, 0.29) is 41.6 Å². The molecule has 0 unspecified atom stereocenters. The Bertz CT molecular complexity index is 1150. The molecule has 1 aliphatic carbocycles. The third-order valence-corrected chi connectivity index (χ3v) is 7.11. The van der Waals surface area contributed by atoms with E-state index in [0.29, 0.717) is 12.2 Å². The summed E-state index contributed by atoms with van der Waals surface area (Å²) in [6.45, 7) is 6.51. The molecule has 1 amide bonds. The van der Waals surface area contributed by atoms with Gasteiger partial charge in [0.05, 0.1) is 19.8 Å². The van der Waals surface area contributed by atoms with Gasteiger partial charge in [0.2, 0.25) is 5.75 Å². The Morgan fingerprint density at radius 3 is 2.55 bits per heavy atom. The van der Waals surface area contributed by atoms with E-state index >= 15 is 0 Å². The number of carbonyl (C=O) groups is 3. The third-order valence-electron chi connectivity index (χ3n) is 7.11. The van der Waals surface area contributed by atoms with Gasteiger partial charge in [-0.15, -0.1) is 0 Å². The predicted molar refractivity (Wildman–Crippen MR) is 140 cm³/mol. The van der Waals surface area contributed by atoms with Crippen LogP contribution in [-0.2, 0) is 14.3 Å². The minimum atomic E-state index is -1.39. The lowest BCUT2D eigenvalue weighted by Gasteiger charge is -2.37. The van der Waals surface area contributed by atoms with Crippen LogP contribution < -0.4 is 14.8 Å². The van der Waals surface area contributed by atoms with Gasteiger partial charge in [-0.3, -0.25) is 9.59 Å². The van der Waals surface area contributed by atoms with Crippen LogP contribution in [0.2, 0.25) is 0 Å². The lowest BCUT2D eigenvalue weighted by Crippen LogP contribution is -2.52. The zero-order valence-electron chi connectivity index (χ0n) is 22.7. The molecule has 1 fully saturated rings. The number of aryl methyl sites for hydroxylation is 1. The minimum absolute atomic E-state index is 0.0122. The fourth-order valence-corrected chi connectivity index (χ4v) is 5.22. The number of pyridine rings is 1. The highest BCUT2D eigenvalue weighted by Crippen LogP contribution is 2.40. The summed E-state index contributed by atoms with van der Waals surface area (Å²) in [6.07, 6.45) is 7.23. The molecule has 9 heteroatoms. The van der Waals surface area contributed by atoms with E-state index in [1.54, 1.807) is 6.92 Å². The van der Waals surface area contributed by atoms with Crippen LogP contribution >= 0.6 is 0 Å². The van der Waals surface area contributed by atoms with Gasteiger partial charge >= 0.3 is 5.97 Å². The molecule has 0 saturated heterocycles. The summed E-state index contributed by atoms with van der Waals surface area (Å²) in [5.41, 5.74) is 0.319. The molecule has 0 aliphatic heterocycles. The highest BCUT2D eigenvalue weighted by Gasteiger charge is 2.35. The van der Waals surface area contributed by atoms with E-state index in [2.05, 4.69) is 10.3 Å². The molecule has 8 nitrogen and oxygen atoms in total. The molecule has 1 aromatic heterocycles. The molecule has 1 aromatic carbocycles. The van der Waals surface area contributed by atoms with Crippen molar-refractivity contribution in [3.8, 4) is 11.5 Å². The van der Waals surface area contributed by atoms with Crippen molar-refractivity contribution in [3.05, 3.63) is 53.1 Å². The zero-order chi connectivity index (χ0) is 27.9. The number of nitrogens with zero attached hydrogens (tertiary/aromatic N) is 1. The minimum Gasteiger partial charge on any atom is -0.493 e. The van der Waals surface area contributed by atoms with E-state index in [1.807, 2.05) is 19.9 Å². The first-order chi connectivity index (χ1) is 18.1. The van der Waals surface area contributed by atoms with Crippen LogP contribution in [0.5, 0.6) is 11.5 Å². The molecule has 2 aromatic rings. The van der Waals surface area contributed by atoms with Crippen molar-refractivity contribution in [2.75, 3.05) is 13.7 Å². The Morgan fingerprint density at radius 1 is 1.24 bits per heavy atom. The van der Waals surface area contributed by atoms with Crippen LogP contribution in [0.15, 0.2) is 30.5 Å². The van der Waals surface area contributed by atoms with Gasteiger partial charge in [0.15, 0.2) is 11.4 Å². The number of hydrogen-bond donors (Lipinski definition) is 1. The predicted octanol–water partition coefficient (Wildman–Crippen LogP) is 4.92. The van der Waals surface area contributed by atoms with Crippen LogP contribution in [0.1, 0.15) is 80.4 Å². The summed E-state index contributed by atoms with van der Waals surface area (Å²) in [6, 6.07) is 6.30. The normalized spacial score (nSPS) is 17.1. The Morgan fingerprint density at radius 2 is 1.95 bits per heavy atom. The molecular weight excluding hydrogens is 491 g/mol. The van der Waals surface area contributed by atoms with Crippen LogP contribution in [0.3, 0.4) is 0 Å². The monoisotopic (exact) mass is 528 g/mol. The van der Waals surface area contributed by atoms with Gasteiger partial charge in [-0.25, -0.2) is 9.37 Å². The van der Waals surface area contributed by atoms with Gasteiger partial charge in [-0.2, -0.15) is 0 Å². The Kier molecular flexibility index (Phi) is 9.96. The number of halogens is 1. The largest absolute Gasteiger partial charge is 0.493 e. The first kappa shape index (κ1) is 29.2. The number of aromatic nitrogens is 1. The summed E-state index contributed by atoms with van der Waals surface area (Å²) in [4.78, 5) is 40.9. The number of hydrogen-bond acceptors (Lipinski definition) is 7. The summed E-state index contributed by atoms with van der Waals surface area (Å²) in [5.74, 6) is -1.24. The fourth-order valence-electron chi connectivity index (χ4n) is 5.22. The van der Waals surface area contributed by atoms with Crippen LogP contribution in [0.4, 0.5) is 4.39 Å². The first-order valence-corrected chi connectivity index (χ1v) is 13.0. The van der Waals surface area contributed by atoms with E-state index in [0.717, 1.165) is 36.8 Å². The Labute approximate surface area is 223 Å². The molecule has 0 spiro atoms. The maximum Gasteiger partial charge on any atom is 0.308 e. The number of ether oxygens (including phenoxy) is 3. The molecule has 1 heterocycles. The van der Waals surface area contributed by atoms with Crippen LogP contribution in [0.25, 0.3) is 0 Å². The zero-order valence-corrected chi connectivity index (χ0v) is 22.7. The highest BCUT2D eigenvalue weighted by molar-refractivity contribution is 5.98. The van der Waals surface area contributed by atoms with Crippen molar-refractivity contribution in [1.29, 1.82) is 0 Å². The topological polar surface area (TPSA) is 104 Å². The van der Waals surface area contributed by atoms with Crippen molar-refractivity contribution in [2.45, 2.75) is 77.4 Å². The van der Waals surface area contributed by atoms with Crippen molar-refractivity contribution >= 4 is 18.2 Å². The number of rotatable bonds is 11. The molecule has 206 valence electrons. The number of methoxy groups -OCH3 is 1. The maximum absolute atomic E-state index is 13.9. The lowest BCUT2D eigenvalue weighted by molar-refractivity contribution is -0.132. The molecule has 0 radical (unpaired) electrons. The molecule has 1 saturated carbocycles. The Hall–Kier alpha value is -3.33. The molecule has 3 rings (SSSR count). The number of carbonyl (C=O) groups excluding carboxylic acids is 3. The van der Waals surface area contributed by atoms with Crippen molar-refractivity contribution in [1.82, 2.24) is 10.3 Å². The van der Waals surface area contributed by atoms with E-state index in [9.17, 15) is 18.8 Å². The van der Waals surface area contributed by atoms with Crippen LogP contribution in [-0.4, -0.2) is 48.5 Å².